The Hall–Kier alpha value is -1.89. The molecule has 126 valence electrons. The van der Waals surface area contributed by atoms with Gasteiger partial charge >= 0.3 is 0 Å². The highest BCUT2D eigenvalue weighted by Gasteiger charge is 2.31. The molecular formula is C17H18ClN3O2S. The SMILES string of the molecule is C[C@@H](C(=O)N1CC(=O)Nc2ccccc21)N(C)Cc1ccc(Cl)s1. The van der Waals surface area contributed by atoms with Crippen molar-refractivity contribution in [2.75, 3.05) is 23.8 Å². The molecule has 1 aliphatic rings. The van der Waals surface area contributed by atoms with Crippen molar-refractivity contribution in [1.82, 2.24) is 4.90 Å². The highest BCUT2D eigenvalue weighted by atomic mass is 35.5. The second-order valence-corrected chi connectivity index (χ2v) is 7.59. The van der Waals surface area contributed by atoms with E-state index in [2.05, 4.69) is 5.32 Å². The molecule has 0 saturated carbocycles. The zero-order valence-corrected chi connectivity index (χ0v) is 15.0. The minimum Gasteiger partial charge on any atom is -0.323 e. The fourth-order valence-electron chi connectivity index (χ4n) is 2.66. The van der Waals surface area contributed by atoms with Gasteiger partial charge in [-0.25, -0.2) is 0 Å². The number of para-hydroxylation sites is 2. The van der Waals surface area contributed by atoms with Gasteiger partial charge in [-0.15, -0.1) is 11.3 Å². The minimum absolute atomic E-state index is 0.0405. The fourth-order valence-corrected chi connectivity index (χ4v) is 3.81. The van der Waals surface area contributed by atoms with Gasteiger partial charge in [0.25, 0.3) is 0 Å². The van der Waals surface area contributed by atoms with Crippen molar-refractivity contribution in [3.05, 3.63) is 45.6 Å². The number of likely N-dealkylation sites (N-methyl/N-ethyl adjacent to an activating group) is 1. The van der Waals surface area contributed by atoms with Crippen molar-refractivity contribution in [2.45, 2.75) is 19.5 Å². The average molecular weight is 364 g/mol. The lowest BCUT2D eigenvalue weighted by molar-refractivity contribution is -0.125. The summed E-state index contributed by atoms with van der Waals surface area (Å²) >= 11 is 7.46. The van der Waals surface area contributed by atoms with Crippen molar-refractivity contribution in [3.63, 3.8) is 0 Å². The molecule has 1 aromatic heterocycles. The first-order valence-electron chi connectivity index (χ1n) is 7.60. The normalized spacial score (nSPS) is 15.2. The van der Waals surface area contributed by atoms with Gasteiger partial charge in [-0.05, 0) is 38.2 Å². The molecule has 2 aromatic rings. The zero-order chi connectivity index (χ0) is 17.3. The maximum Gasteiger partial charge on any atom is 0.244 e. The number of carbonyl (C=O) groups excluding carboxylic acids is 2. The molecule has 1 aromatic carbocycles. The van der Waals surface area contributed by atoms with Gasteiger partial charge < -0.3 is 5.32 Å². The van der Waals surface area contributed by atoms with Crippen LogP contribution < -0.4 is 10.2 Å². The highest BCUT2D eigenvalue weighted by Crippen LogP contribution is 2.30. The van der Waals surface area contributed by atoms with Crippen molar-refractivity contribution in [3.8, 4) is 0 Å². The molecule has 0 saturated heterocycles. The molecule has 2 heterocycles. The van der Waals surface area contributed by atoms with Gasteiger partial charge in [0.15, 0.2) is 0 Å². The number of hydrogen-bond acceptors (Lipinski definition) is 4. The monoisotopic (exact) mass is 363 g/mol. The van der Waals surface area contributed by atoms with Crippen LogP contribution in [0.15, 0.2) is 36.4 Å². The first-order chi connectivity index (χ1) is 11.5. The lowest BCUT2D eigenvalue weighted by Crippen LogP contribution is -2.50. The predicted octanol–water partition coefficient (Wildman–Crippen LogP) is 3.21. The number of halogens is 1. The Balaban J connectivity index is 1.77. The molecule has 5 nitrogen and oxygen atoms in total. The summed E-state index contributed by atoms with van der Waals surface area (Å²) in [5.41, 5.74) is 1.41. The predicted molar refractivity (Wildman–Crippen MR) is 97.7 cm³/mol. The Morgan fingerprint density at radius 2 is 2.12 bits per heavy atom. The van der Waals surface area contributed by atoms with E-state index in [1.165, 1.54) is 11.3 Å². The van der Waals surface area contributed by atoms with Gasteiger partial charge in [0, 0.05) is 11.4 Å². The van der Waals surface area contributed by atoms with Gasteiger partial charge in [0.05, 0.1) is 21.8 Å². The molecule has 0 radical (unpaired) electrons. The fraction of sp³-hybridized carbons (Fsp3) is 0.294. The Bertz CT molecular complexity index is 777. The second kappa shape index (κ2) is 6.93. The summed E-state index contributed by atoms with van der Waals surface area (Å²) in [4.78, 5) is 29.4. The molecule has 0 fully saturated rings. The lowest BCUT2D eigenvalue weighted by atomic mass is 10.1. The summed E-state index contributed by atoms with van der Waals surface area (Å²) in [6.45, 7) is 2.53. The highest BCUT2D eigenvalue weighted by molar-refractivity contribution is 7.16. The van der Waals surface area contributed by atoms with Crippen LogP contribution in [0.4, 0.5) is 11.4 Å². The number of carbonyl (C=O) groups is 2. The van der Waals surface area contributed by atoms with E-state index in [-0.39, 0.29) is 24.4 Å². The van der Waals surface area contributed by atoms with E-state index >= 15 is 0 Å². The number of benzene rings is 1. The number of fused-ring (bicyclic) bond motifs is 1. The second-order valence-electron chi connectivity index (χ2n) is 5.79. The van der Waals surface area contributed by atoms with Crippen molar-refractivity contribution >= 4 is 46.1 Å². The van der Waals surface area contributed by atoms with Gasteiger partial charge in [0.1, 0.15) is 6.54 Å². The van der Waals surface area contributed by atoms with Gasteiger partial charge in [-0.1, -0.05) is 23.7 Å². The maximum absolute atomic E-state index is 12.9. The van der Waals surface area contributed by atoms with Gasteiger partial charge in [-0.3, -0.25) is 19.4 Å². The Morgan fingerprint density at radius 1 is 1.38 bits per heavy atom. The summed E-state index contributed by atoms with van der Waals surface area (Å²) in [5, 5.41) is 2.80. The van der Waals surface area contributed by atoms with Crippen LogP contribution in [0.5, 0.6) is 0 Å². The number of rotatable bonds is 4. The first kappa shape index (κ1) is 17.0. The third-order valence-corrected chi connectivity index (χ3v) is 5.31. The molecule has 0 unspecified atom stereocenters. The van der Waals surface area contributed by atoms with Crippen molar-refractivity contribution in [1.29, 1.82) is 0 Å². The molecule has 3 rings (SSSR count). The van der Waals surface area contributed by atoms with Gasteiger partial charge in [-0.2, -0.15) is 0 Å². The van der Waals surface area contributed by atoms with Crippen LogP contribution in [0.1, 0.15) is 11.8 Å². The van der Waals surface area contributed by atoms with Crippen LogP contribution >= 0.6 is 22.9 Å². The Morgan fingerprint density at radius 3 is 2.83 bits per heavy atom. The molecule has 1 atom stereocenters. The van der Waals surface area contributed by atoms with Crippen molar-refractivity contribution in [2.24, 2.45) is 0 Å². The van der Waals surface area contributed by atoms with E-state index in [4.69, 9.17) is 11.6 Å². The Labute approximate surface area is 149 Å². The maximum atomic E-state index is 12.9. The van der Waals surface area contributed by atoms with E-state index in [1.807, 2.05) is 49.2 Å². The minimum atomic E-state index is -0.357. The molecule has 24 heavy (non-hydrogen) atoms. The molecular weight excluding hydrogens is 346 g/mol. The number of nitrogens with zero attached hydrogens (tertiary/aromatic N) is 2. The van der Waals surface area contributed by atoms with Crippen LogP contribution in [-0.2, 0) is 16.1 Å². The van der Waals surface area contributed by atoms with Crippen LogP contribution in [0.3, 0.4) is 0 Å². The largest absolute Gasteiger partial charge is 0.323 e. The summed E-state index contributed by atoms with van der Waals surface area (Å²) in [6, 6.07) is 10.8. The van der Waals surface area contributed by atoms with Crippen LogP contribution in [0.25, 0.3) is 0 Å². The third-order valence-electron chi connectivity index (χ3n) is 4.09. The quantitative estimate of drug-likeness (QED) is 0.907. The lowest BCUT2D eigenvalue weighted by Gasteiger charge is -2.33. The summed E-state index contributed by atoms with van der Waals surface area (Å²) in [7, 11) is 1.89. The number of amides is 2. The van der Waals surface area contributed by atoms with Crippen LogP contribution in [0, 0.1) is 0 Å². The number of anilines is 2. The molecule has 1 N–H and O–H groups in total. The molecule has 0 bridgehead atoms. The van der Waals surface area contributed by atoms with E-state index < -0.39 is 0 Å². The standard InChI is InChI=1S/C17H18ClN3O2S/c1-11(20(2)9-12-7-8-15(18)24-12)17(23)21-10-16(22)19-13-5-3-4-6-14(13)21/h3-8,11H,9-10H2,1-2H3,(H,19,22)/t11-/m0/s1. The molecule has 1 aliphatic heterocycles. The molecule has 2 amide bonds. The smallest absolute Gasteiger partial charge is 0.244 e. The first-order valence-corrected chi connectivity index (χ1v) is 8.80. The Kier molecular flexibility index (Phi) is 4.89. The van der Waals surface area contributed by atoms with E-state index in [9.17, 15) is 9.59 Å². The average Bonchev–Trinajstić information content (AvgIpc) is 2.97. The number of hydrogen-bond donors (Lipinski definition) is 1. The summed E-state index contributed by atoms with van der Waals surface area (Å²) in [5.74, 6) is -0.274. The van der Waals surface area contributed by atoms with E-state index in [0.29, 0.717) is 12.2 Å². The van der Waals surface area contributed by atoms with Crippen LogP contribution in [-0.4, -0.2) is 36.3 Å². The third kappa shape index (κ3) is 3.45. The molecule has 7 heteroatoms. The number of thiophene rings is 1. The number of nitrogens with one attached hydrogen (secondary N) is 1. The van der Waals surface area contributed by atoms with E-state index in [0.717, 1.165) is 14.9 Å². The molecule has 0 spiro atoms. The summed E-state index contributed by atoms with van der Waals surface area (Å²) in [6.07, 6.45) is 0. The van der Waals surface area contributed by atoms with Crippen LogP contribution in [0.2, 0.25) is 4.34 Å². The van der Waals surface area contributed by atoms with Gasteiger partial charge in [0.2, 0.25) is 11.8 Å². The van der Waals surface area contributed by atoms with Crippen molar-refractivity contribution < 1.29 is 9.59 Å². The zero-order valence-electron chi connectivity index (χ0n) is 13.5. The topological polar surface area (TPSA) is 52.7 Å². The summed E-state index contributed by atoms with van der Waals surface area (Å²) < 4.78 is 0.735. The van der Waals surface area contributed by atoms with E-state index in [1.54, 1.807) is 11.0 Å². The molecule has 0 aliphatic carbocycles.